The van der Waals surface area contributed by atoms with Crippen LogP contribution < -0.4 is 5.32 Å². The van der Waals surface area contributed by atoms with Gasteiger partial charge in [0, 0.05) is 13.2 Å². The summed E-state index contributed by atoms with van der Waals surface area (Å²) in [6.45, 7) is 9.98. The average Bonchev–Trinajstić information content (AvgIpc) is 2.33. The fourth-order valence-corrected chi connectivity index (χ4v) is 1.57. The minimum atomic E-state index is -0.600. The normalized spacial score (nSPS) is 14.6. The van der Waals surface area contributed by atoms with Crippen molar-refractivity contribution in [3.63, 3.8) is 0 Å². The largest absolute Gasteiger partial charge is 0.465 e. The second-order valence-electron chi connectivity index (χ2n) is 5.20. The van der Waals surface area contributed by atoms with Gasteiger partial charge < -0.3 is 14.8 Å². The highest BCUT2D eigenvalue weighted by Crippen LogP contribution is 2.14. The second kappa shape index (κ2) is 9.34. The predicted molar refractivity (Wildman–Crippen MR) is 73.6 cm³/mol. The van der Waals surface area contributed by atoms with E-state index in [1.807, 2.05) is 13.8 Å². The van der Waals surface area contributed by atoms with E-state index in [1.54, 1.807) is 7.05 Å². The molecular weight excluding hydrogens is 230 g/mol. The van der Waals surface area contributed by atoms with Crippen LogP contribution in [0.2, 0.25) is 0 Å². The van der Waals surface area contributed by atoms with E-state index in [9.17, 15) is 4.79 Å². The Morgan fingerprint density at radius 2 is 2.00 bits per heavy atom. The van der Waals surface area contributed by atoms with E-state index < -0.39 is 5.54 Å². The first-order chi connectivity index (χ1) is 8.46. The number of esters is 1. The minimum Gasteiger partial charge on any atom is -0.465 e. The Morgan fingerprint density at radius 1 is 1.33 bits per heavy atom. The van der Waals surface area contributed by atoms with Gasteiger partial charge in [-0.1, -0.05) is 13.8 Å². The average molecular weight is 259 g/mol. The summed E-state index contributed by atoms with van der Waals surface area (Å²) in [4.78, 5) is 11.8. The van der Waals surface area contributed by atoms with Crippen LogP contribution in [0.25, 0.3) is 0 Å². The molecule has 0 aliphatic heterocycles. The standard InChI is InChI=1S/C14H29NO3/c1-6-18-13(16)14(4,15-5)9-7-10-17-11-8-12(2)3/h12,15H,6-11H2,1-5H3. The van der Waals surface area contributed by atoms with Gasteiger partial charge in [0.05, 0.1) is 6.61 Å². The number of hydrogen-bond donors (Lipinski definition) is 1. The van der Waals surface area contributed by atoms with Crippen LogP contribution in [0.5, 0.6) is 0 Å². The van der Waals surface area contributed by atoms with Crippen molar-refractivity contribution < 1.29 is 14.3 Å². The first-order valence-corrected chi connectivity index (χ1v) is 6.90. The maximum Gasteiger partial charge on any atom is 0.326 e. The van der Waals surface area contributed by atoms with Crippen molar-refractivity contribution >= 4 is 5.97 Å². The molecule has 4 heteroatoms. The number of ether oxygens (including phenoxy) is 2. The zero-order valence-electron chi connectivity index (χ0n) is 12.5. The lowest BCUT2D eigenvalue weighted by molar-refractivity contribution is -0.150. The van der Waals surface area contributed by atoms with Crippen LogP contribution in [0.15, 0.2) is 0 Å². The maximum atomic E-state index is 11.8. The second-order valence-corrected chi connectivity index (χ2v) is 5.20. The monoisotopic (exact) mass is 259 g/mol. The van der Waals surface area contributed by atoms with Crippen LogP contribution in [0.1, 0.15) is 47.0 Å². The molecule has 0 saturated carbocycles. The Balaban J connectivity index is 3.82. The number of rotatable bonds is 10. The molecule has 0 aromatic rings. The smallest absolute Gasteiger partial charge is 0.326 e. The topological polar surface area (TPSA) is 47.6 Å². The predicted octanol–water partition coefficient (Wildman–Crippen LogP) is 2.37. The van der Waals surface area contributed by atoms with Crippen molar-refractivity contribution in [1.82, 2.24) is 5.32 Å². The van der Waals surface area contributed by atoms with E-state index >= 15 is 0 Å². The van der Waals surface area contributed by atoms with Gasteiger partial charge in [0.2, 0.25) is 0 Å². The van der Waals surface area contributed by atoms with Gasteiger partial charge in [-0.15, -0.1) is 0 Å². The molecule has 0 spiro atoms. The van der Waals surface area contributed by atoms with E-state index in [-0.39, 0.29) is 5.97 Å². The lowest BCUT2D eigenvalue weighted by Crippen LogP contribution is -2.48. The highest BCUT2D eigenvalue weighted by molar-refractivity contribution is 5.80. The fraction of sp³-hybridized carbons (Fsp3) is 0.929. The molecule has 1 N–H and O–H groups in total. The summed E-state index contributed by atoms with van der Waals surface area (Å²) in [6.07, 6.45) is 2.67. The first kappa shape index (κ1) is 17.4. The van der Waals surface area contributed by atoms with Gasteiger partial charge in [0.1, 0.15) is 5.54 Å². The summed E-state index contributed by atoms with van der Waals surface area (Å²) in [7, 11) is 1.79. The number of carbonyl (C=O) groups excluding carboxylic acids is 1. The number of nitrogens with one attached hydrogen (secondary N) is 1. The van der Waals surface area contributed by atoms with E-state index in [2.05, 4.69) is 19.2 Å². The van der Waals surface area contributed by atoms with Crippen LogP contribution in [0.3, 0.4) is 0 Å². The Kier molecular flexibility index (Phi) is 9.02. The molecule has 0 fully saturated rings. The van der Waals surface area contributed by atoms with E-state index in [0.29, 0.717) is 19.1 Å². The SMILES string of the molecule is CCOC(=O)C(C)(CCCOCCC(C)C)NC. The van der Waals surface area contributed by atoms with Gasteiger partial charge in [0.25, 0.3) is 0 Å². The third-order valence-corrected chi connectivity index (χ3v) is 3.08. The van der Waals surface area contributed by atoms with Gasteiger partial charge in [-0.25, -0.2) is 0 Å². The summed E-state index contributed by atoms with van der Waals surface area (Å²) in [5.74, 6) is 0.488. The van der Waals surface area contributed by atoms with Crippen molar-refractivity contribution in [2.45, 2.75) is 52.5 Å². The molecule has 0 radical (unpaired) electrons. The van der Waals surface area contributed by atoms with Crippen molar-refractivity contribution in [2.75, 3.05) is 26.9 Å². The molecule has 0 aliphatic rings. The van der Waals surface area contributed by atoms with Gasteiger partial charge in [-0.3, -0.25) is 4.79 Å². The Bertz CT molecular complexity index is 231. The molecule has 0 aromatic heterocycles. The molecule has 1 unspecified atom stereocenters. The highest BCUT2D eigenvalue weighted by atomic mass is 16.5. The Labute approximate surface area is 111 Å². The van der Waals surface area contributed by atoms with Gasteiger partial charge in [-0.2, -0.15) is 0 Å². The minimum absolute atomic E-state index is 0.185. The molecule has 0 amide bonds. The molecule has 0 rings (SSSR count). The molecule has 0 saturated heterocycles. The molecule has 0 aromatic carbocycles. The highest BCUT2D eigenvalue weighted by Gasteiger charge is 2.32. The van der Waals surface area contributed by atoms with E-state index in [4.69, 9.17) is 9.47 Å². The number of carbonyl (C=O) groups is 1. The van der Waals surface area contributed by atoms with E-state index in [1.165, 1.54) is 0 Å². The third kappa shape index (κ3) is 6.97. The zero-order chi connectivity index (χ0) is 14.0. The van der Waals surface area contributed by atoms with Crippen molar-refractivity contribution in [1.29, 1.82) is 0 Å². The molecule has 18 heavy (non-hydrogen) atoms. The Morgan fingerprint density at radius 3 is 2.50 bits per heavy atom. The van der Waals surface area contributed by atoms with Crippen LogP contribution in [-0.2, 0) is 14.3 Å². The summed E-state index contributed by atoms with van der Waals surface area (Å²) in [6, 6.07) is 0. The number of hydrogen-bond acceptors (Lipinski definition) is 4. The van der Waals surface area contributed by atoms with Gasteiger partial charge >= 0.3 is 5.97 Å². The molecule has 1 atom stereocenters. The summed E-state index contributed by atoms with van der Waals surface area (Å²) >= 11 is 0. The Hall–Kier alpha value is -0.610. The first-order valence-electron chi connectivity index (χ1n) is 6.90. The molecular formula is C14H29NO3. The van der Waals surface area contributed by atoms with Crippen LogP contribution in [0, 0.1) is 5.92 Å². The van der Waals surface area contributed by atoms with Gasteiger partial charge in [0.15, 0.2) is 0 Å². The molecule has 108 valence electrons. The van der Waals surface area contributed by atoms with Gasteiger partial charge in [-0.05, 0) is 46.1 Å². The summed E-state index contributed by atoms with van der Waals surface area (Å²) in [5.41, 5.74) is -0.600. The van der Waals surface area contributed by atoms with Crippen LogP contribution in [0.4, 0.5) is 0 Å². The maximum absolute atomic E-state index is 11.8. The van der Waals surface area contributed by atoms with Crippen molar-refractivity contribution in [3.05, 3.63) is 0 Å². The molecule has 4 nitrogen and oxygen atoms in total. The van der Waals surface area contributed by atoms with E-state index in [0.717, 1.165) is 25.9 Å². The molecule has 0 bridgehead atoms. The lowest BCUT2D eigenvalue weighted by Gasteiger charge is -2.26. The van der Waals surface area contributed by atoms with Crippen LogP contribution in [-0.4, -0.2) is 38.4 Å². The van der Waals surface area contributed by atoms with Crippen molar-refractivity contribution in [3.8, 4) is 0 Å². The zero-order valence-corrected chi connectivity index (χ0v) is 12.5. The van der Waals surface area contributed by atoms with Crippen LogP contribution >= 0.6 is 0 Å². The quantitative estimate of drug-likeness (QED) is 0.483. The lowest BCUT2D eigenvalue weighted by atomic mass is 9.96. The molecule has 0 heterocycles. The fourth-order valence-electron chi connectivity index (χ4n) is 1.57. The summed E-state index contributed by atoms with van der Waals surface area (Å²) in [5, 5.41) is 3.04. The number of likely N-dealkylation sites (N-methyl/N-ethyl adjacent to an activating group) is 1. The molecule has 0 aliphatic carbocycles. The van der Waals surface area contributed by atoms with Crippen molar-refractivity contribution in [2.24, 2.45) is 5.92 Å². The third-order valence-electron chi connectivity index (χ3n) is 3.08. The summed E-state index contributed by atoms with van der Waals surface area (Å²) < 4.78 is 10.6.